The number of carbonyl (C=O) groups excluding carboxylic acids is 1. The van der Waals surface area contributed by atoms with E-state index in [0.717, 1.165) is 12.1 Å². The summed E-state index contributed by atoms with van der Waals surface area (Å²) in [4.78, 5) is 13.1. The summed E-state index contributed by atoms with van der Waals surface area (Å²) in [5, 5.41) is 11.7. The lowest BCUT2D eigenvalue weighted by Crippen LogP contribution is -2.56. The quantitative estimate of drug-likeness (QED) is 0.690. The van der Waals surface area contributed by atoms with Crippen LogP contribution in [-0.2, 0) is 15.9 Å². The molecule has 1 aromatic carbocycles. The van der Waals surface area contributed by atoms with E-state index in [1.807, 2.05) is 0 Å². The molecule has 164 valence electrons. The van der Waals surface area contributed by atoms with Gasteiger partial charge < -0.3 is 5.32 Å². The van der Waals surface area contributed by atoms with Gasteiger partial charge in [-0.1, -0.05) is 6.07 Å². The van der Waals surface area contributed by atoms with Crippen LogP contribution in [0.15, 0.2) is 18.2 Å². The van der Waals surface area contributed by atoms with Crippen molar-refractivity contribution < 1.29 is 22.0 Å². The van der Waals surface area contributed by atoms with E-state index < -0.39 is 32.6 Å². The van der Waals surface area contributed by atoms with Gasteiger partial charge in [-0.25, -0.2) is 17.2 Å². The van der Waals surface area contributed by atoms with Crippen LogP contribution in [0.2, 0.25) is 0 Å². The van der Waals surface area contributed by atoms with Gasteiger partial charge >= 0.3 is 0 Å². The molecule has 0 aliphatic heterocycles. The summed E-state index contributed by atoms with van der Waals surface area (Å²) >= 11 is 0. The van der Waals surface area contributed by atoms with Crippen LogP contribution in [0, 0.1) is 16.7 Å². The summed E-state index contributed by atoms with van der Waals surface area (Å²) in [7, 11) is -3.84. The molecule has 0 aromatic heterocycles. The van der Waals surface area contributed by atoms with Crippen molar-refractivity contribution in [3.63, 3.8) is 0 Å². The van der Waals surface area contributed by atoms with Gasteiger partial charge in [-0.3, -0.25) is 9.52 Å². The van der Waals surface area contributed by atoms with Gasteiger partial charge in [0, 0.05) is 18.0 Å². The van der Waals surface area contributed by atoms with Gasteiger partial charge in [0.15, 0.2) is 0 Å². The fraction of sp³-hybridized carbons (Fsp3) is 0.619. The highest BCUT2D eigenvalue weighted by Gasteiger charge is 2.49. The van der Waals surface area contributed by atoms with E-state index in [2.05, 4.69) is 16.1 Å². The third kappa shape index (κ3) is 4.29. The minimum absolute atomic E-state index is 0.00398. The number of amides is 1. The molecule has 3 saturated carbocycles. The fourth-order valence-corrected chi connectivity index (χ4v) is 4.93. The number of nitrogens with one attached hydrogen (secondary N) is 2. The summed E-state index contributed by atoms with van der Waals surface area (Å²) in [6.45, 7) is 3.64. The molecule has 9 heteroatoms. The summed E-state index contributed by atoms with van der Waals surface area (Å²) in [6, 6.07) is 5.81. The zero-order valence-corrected chi connectivity index (χ0v) is 18.2. The fourth-order valence-electron chi connectivity index (χ4n) is 4.22. The van der Waals surface area contributed by atoms with E-state index in [9.17, 15) is 27.3 Å². The average molecular weight is 440 g/mol. The number of hydrogen-bond acceptors (Lipinski definition) is 4. The van der Waals surface area contributed by atoms with Crippen molar-refractivity contribution in [2.24, 2.45) is 5.41 Å². The van der Waals surface area contributed by atoms with Crippen LogP contribution in [0.3, 0.4) is 0 Å². The first-order chi connectivity index (χ1) is 13.8. The molecule has 0 spiro atoms. The van der Waals surface area contributed by atoms with Gasteiger partial charge in [-0.05, 0) is 64.5 Å². The molecule has 2 N–H and O–H groups in total. The molecule has 2 bridgehead atoms. The lowest BCUT2D eigenvalue weighted by molar-refractivity contribution is 0.0174. The molecular weight excluding hydrogens is 412 g/mol. The minimum Gasteiger partial charge on any atom is -0.347 e. The Morgan fingerprint density at radius 1 is 1.17 bits per heavy atom. The van der Waals surface area contributed by atoms with Crippen LogP contribution in [0.25, 0.3) is 0 Å². The number of carbonyl (C=O) groups is 1. The number of sulfonamides is 1. The first-order valence-electron chi connectivity index (χ1n) is 10.1. The molecule has 4 rings (SSSR count). The molecule has 0 atom stereocenters. The summed E-state index contributed by atoms with van der Waals surface area (Å²) in [6.07, 6.45) is 4.13. The normalized spacial score (nSPS) is 26.3. The second-order valence-corrected chi connectivity index (χ2v) is 11.2. The van der Waals surface area contributed by atoms with E-state index >= 15 is 0 Å². The SMILES string of the molecule is CC(C)S(=O)(=O)Nc1cc(C(C)(F)F)ccc1C(=O)NC12CCC(C#N)(CC1)CC2. The number of rotatable bonds is 6. The number of benzene rings is 1. The molecule has 1 aromatic rings. The van der Waals surface area contributed by atoms with E-state index in [-0.39, 0.29) is 22.2 Å². The maximum atomic E-state index is 13.8. The highest BCUT2D eigenvalue weighted by atomic mass is 32.2. The number of alkyl halides is 2. The Hall–Kier alpha value is -2.21. The Morgan fingerprint density at radius 2 is 1.73 bits per heavy atom. The summed E-state index contributed by atoms with van der Waals surface area (Å²) < 4.78 is 54.7. The van der Waals surface area contributed by atoms with Gasteiger partial charge in [0.25, 0.3) is 11.8 Å². The van der Waals surface area contributed by atoms with Crippen LogP contribution in [-0.4, -0.2) is 25.1 Å². The first kappa shape index (κ1) is 22.5. The Balaban J connectivity index is 1.91. The molecule has 6 nitrogen and oxygen atoms in total. The molecule has 0 heterocycles. The van der Waals surface area contributed by atoms with Crippen molar-refractivity contribution in [3.05, 3.63) is 29.3 Å². The van der Waals surface area contributed by atoms with Crippen LogP contribution in [0.5, 0.6) is 0 Å². The van der Waals surface area contributed by atoms with Gasteiger partial charge in [-0.15, -0.1) is 0 Å². The predicted molar refractivity (Wildman–Crippen MR) is 110 cm³/mol. The second-order valence-electron chi connectivity index (χ2n) is 8.97. The largest absolute Gasteiger partial charge is 0.347 e. The van der Waals surface area contributed by atoms with Gasteiger partial charge in [0.05, 0.1) is 28.0 Å². The van der Waals surface area contributed by atoms with E-state index in [0.29, 0.717) is 45.4 Å². The maximum absolute atomic E-state index is 13.8. The number of halogens is 2. The van der Waals surface area contributed by atoms with E-state index in [1.54, 1.807) is 0 Å². The number of nitrogens with zero attached hydrogens (tertiary/aromatic N) is 1. The van der Waals surface area contributed by atoms with Gasteiger partial charge in [-0.2, -0.15) is 5.26 Å². The van der Waals surface area contributed by atoms with Crippen LogP contribution < -0.4 is 10.0 Å². The highest BCUT2D eigenvalue weighted by molar-refractivity contribution is 7.93. The summed E-state index contributed by atoms with van der Waals surface area (Å²) in [5.74, 6) is -3.69. The minimum atomic E-state index is -3.84. The topological polar surface area (TPSA) is 99.1 Å². The number of fused-ring (bicyclic) bond motifs is 3. The second kappa shape index (κ2) is 7.49. The molecule has 0 unspecified atom stereocenters. The standard InChI is InChI=1S/C21H27F2N3O3S/c1-14(2)30(28,29)26-17-12-15(19(3,22)23)4-5-16(17)18(27)25-21-9-6-20(13-24,7-10-21)8-11-21/h4-5,12,14,26H,6-11H2,1-3H3,(H,25,27). The first-order valence-corrected chi connectivity index (χ1v) is 11.6. The predicted octanol–water partition coefficient (Wildman–Crippen LogP) is 4.29. The number of anilines is 1. The van der Waals surface area contributed by atoms with Crippen molar-refractivity contribution in [2.75, 3.05) is 4.72 Å². The molecule has 1 amide bonds. The van der Waals surface area contributed by atoms with Crippen molar-refractivity contribution in [1.29, 1.82) is 5.26 Å². The van der Waals surface area contributed by atoms with Crippen LogP contribution >= 0.6 is 0 Å². The van der Waals surface area contributed by atoms with Crippen molar-refractivity contribution in [3.8, 4) is 6.07 Å². The average Bonchev–Trinajstić information content (AvgIpc) is 2.68. The highest BCUT2D eigenvalue weighted by Crippen LogP contribution is 2.52. The Labute approximate surface area is 176 Å². The van der Waals surface area contributed by atoms with Gasteiger partial charge in [0.1, 0.15) is 0 Å². The van der Waals surface area contributed by atoms with Crippen LogP contribution in [0.4, 0.5) is 14.5 Å². The molecule has 3 aliphatic carbocycles. The van der Waals surface area contributed by atoms with Crippen LogP contribution in [0.1, 0.15) is 75.2 Å². The Bertz CT molecular complexity index is 969. The Morgan fingerprint density at radius 3 is 2.20 bits per heavy atom. The summed E-state index contributed by atoms with van der Waals surface area (Å²) in [5.41, 5.74) is -1.29. The zero-order valence-electron chi connectivity index (χ0n) is 17.4. The Kier molecular flexibility index (Phi) is 5.61. The molecular formula is C21H27F2N3O3S. The third-order valence-corrected chi connectivity index (χ3v) is 8.25. The zero-order chi connectivity index (χ0) is 22.4. The molecule has 0 radical (unpaired) electrons. The lowest BCUT2D eigenvalue weighted by atomic mass is 9.58. The molecule has 3 fully saturated rings. The molecule has 30 heavy (non-hydrogen) atoms. The molecule has 0 saturated heterocycles. The van der Waals surface area contributed by atoms with Gasteiger partial charge in [0.2, 0.25) is 10.0 Å². The third-order valence-electron chi connectivity index (χ3n) is 6.51. The smallest absolute Gasteiger partial charge is 0.270 e. The number of hydrogen-bond donors (Lipinski definition) is 2. The van der Waals surface area contributed by atoms with E-state index in [4.69, 9.17) is 0 Å². The van der Waals surface area contributed by atoms with Crippen molar-refractivity contribution >= 4 is 21.6 Å². The van der Waals surface area contributed by atoms with Crippen molar-refractivity contribution in [1.82, 2.24) is 5.32 Å². The van der Waals surface area contributed by atoms with E-state index in [1.165, 1.54) is 19.9 Å². The number of nitriles is 1. The monoisotopic (exact) mass is 439 g/mol. The van der Waals surface area contributed by atoms with Crippen molar-refractivity contribution in [2.45, 2.75) is 76.0 Å². The maximum Gasteiger partial charge on any atom is 0.270 e. The molecule has 3 aliphatic rings. The lowest BCUT2D eigenvalue weighted by Gasteiger charge is -2.50.